The van der Waals surface area contributed by atoms with Gasteiger partial charge in [-0.1, -0.05) is 6.92 Å². The van der Waals surface area contributed by atoms with E-state index in [2.05, 4.69) is 10.3 Å². The van der Waals surface area contributed by atoms with E-state index in [9.17, 15) is 13.5 Å². The highest BCUT2D eigenvalue weighted by molar-refractivity contribution is 7.89. The first kappa shape index (κ1) is 16.2. The van der Waals surface area contributed by atoms with Gasteiger partial charge in [-0.15, -0.1) is 11.3 Å². The standard InChI is InChI=1S/C12H20N4O3S2/c1-4-5-13-10-11(16-6-7-20-12(16)14-10)21(18,19)15(3)9(2)8-17/h6-7,9,13,17H,4-5,8H2,1-3H3. The number of hydrogen-bond donors (Lipinski definition) is 2. The number of thiazole rings is 1. The number of nitrogens with one attached hydrogen (secondary N) is 1. The Hall–Kier alpha value is -1.16. The fourth-order valence-electron chi connectivity index (χ4n) is 1.86. The summed E-state index contributed by atoms with van der Waals surface area (Å²) in [5, 5.41) is 14.2. The van der Waals surface area contributed by atoms with Crippen LogP contribution in [0.2, 0.25) is 0 Å². The van der Waals surface area contributed by atoms with Crippen LogP contribution in [0.4, 0.5) is 5.82 Å². The summed E-state index contributed by atoms with van der Waals surface area (Å²) in [7, 11) is -2.28. The molecule has 0 aromatic carbocycles. The number of fused-ring (bicyclic) bond motifs is 1. The van der Waals surface area contributed by atoms with Gasteiger partial charge in [0.1, 0.15) is 0 Å². The van der Waals surface area contributed by atoms with Crippen molar-refractivity contribution in [3.05, 3.63) is 11.6 Å². The number of aromatic nitrogens is 2. The molecule has 118 valence electrons. The lowest BCUT2D eigenvalue weighted by Crippen LogP contribution is -2.38. The Bertz CT molecular complexity index is 707. The molecule has 2 aromatic rings. The van der Waals surface area contributed by atoms with Crippen molar-refractivity contribution in [1.29, 1.82) is 0 Å². The molecule has 1 atom stereocenters. The van der Waals surface area contributed by atoms with E-state index in [1.165, 1.54) is 22.7 Å². The molecular formula is C12H20N4O3S2. The normalized spacial score (nSPS) is 14.0. The van der Waals surface area contributed by atoms with Gasteiger partial charge in [-0.2, -0.15) is 4.31 Å². The molecule has 0 fully saturated rings. The molecule has 0 saturated carbocycles. The van der Waals surface area contributed by atoms with E-state index >= 15 is 0 Å². The number of rotatable bonds is 7. The van der Waals surface area contributed by atoms with Crippen LogP contribution in [-0.2, 0) is 10.0 Å². The van der Waals surface area contributed by atoms with E-state index < -0.39 is 16.1 Å². The van der Waals surface area contributed by atoms with Gasteiger partial charge in [-0.25, -0.2) is 13.4 Å². The summed E-state index contributed by atoms with van der Waals surface area (Å²) in [6, 6.07) is -0.502. The molecule has 7 nitrogen and oxygen atoms in total. The number of nitrogens with zero attached hydrogens (tertiary/aromatic N) is 3. The van der Waals surface area contributed by atoms with E-state index in [1.807, 2.05) is 6.92 Å². The number of sulfonamides is 1. The molecule has 2 rings (SSSR count). The van der Waals surface area contributed by atoms with Gasteiger partial charge in [0.2, 0.25) is 0 Å². The Morgan fingerprint density at radius 3 is 2.90 bits per heavy atom. The van der Waals surface area contributed by atoms with Gasteiger partial charge >= 0.3 is 0 Å². The highest BCUT2D eigenvalue weighted by Gasteiger charge is 2.32. The number of anilines is 1. The van der Waals surface area contributed by atoms with Gasteiger partial charge in [-0.3, -0.25) is 4.40 Å². The molecule has 0 amide bonds. The van der Waals surface area contributed by atoms with Gasteiger partial charge in [0.05, 0.1) is 6.61 Å². The van der Waals surface area contributed by atoms with Crippen molar-refractivity contribution in [3.63, 3.8) is 0 Å². The summed E-state index contributed by atoms with van der Waals surface area (Å²) in [4.78, 5) is 4.97. The van der Waals surface area contributed by atoms with Crippen molar-refractivity contribution in [1.82, 2.24) is 13.7 Å². The van der Waals surface area contributed by atoms with Crippen LogP contribution in [0.3, 0.4) is 0 Å². The average molecular weight is 332 g/mol. The monoisotopic (exact) mass is 332 g/mol. The van der Waals surface area contributed by atoms with Crippen LogP contribution in [0.15, 0.2) is 16.6 Å². The van der Waals surface area contributed by atoms with Crippen LogP contribution in [0.5, 0.6) is 0 Å². The smallest absolute Gasteiger partial charge is 0.262 e. The van der Waals surface area contributed by atoms with E-state index in [1.54, 1.807) is 22.9 Å². The van der Waals surface area contributed by atoms with Crippen molar-refractivity contribution >= 4 is 32.1 Å². The molecule has 0 aliphatic heterocycles. The zero-order chi connectivity index (χ0) is 15.6. The Morgan fingerprint density at radius 2 is 2.29 bits per heavy atom. The average Bonchev–Trinajstić information content (AvgIpc) is 3.02. The van der Waals surface area contributed by atoms with Gasteiger partial charge in [0.25, 0.3) is 10.0 Å². The molecule has 9 heteroatoms. The fourth-order valence-corrected chi connectivity index (χ4v) is 4.20. The first-order chi connectivity index (χ1) is 9.93. The number of aliphatic hydroxyl groups is 1. The minimum Gasteiger partial charge on any atom is -0.395 e. The first-order valence-corrected chi connectivity index (χ1v) is 9.03. The number of likely N-dealkylation sites (N-methyl/N-ethyl adjacent to an activating group) is 1. The lowest BCUT2D eigenvalue weighted by atomic mass is 10.4. The molecular weight excluding hydrogens is 312 g/mol. The van der Waals surface area contributed by atoms with Gasteiger partial charge in [0.15, 0.2) is 15.8 Å². The van der Waals surface area contributed by atoms with Crippen LogP contribution >= 0.6 is 11.3 Å². The van der Waals surface area contributed by atoms with Crippen LogP contribution < -0.4 is 5.32 Å². The predicted octanol–water partition coefficient (Wildman–Crippen LogP) is 1.22. The highest BCUT2D eigenvalue weighted by Crippen LogP contribution is 2.28. The van der Waals surface area contributed by atoms with Crippen molar-refractivity contribution in [2.24, 2.45) is 0 Å². The van der Waals surface area contributed by atoms with Crippen molar-refractivity contribution in [2.45, 2.75) is 31.3 Å². The number of imidazole rings is 1. The van der Waals surface area contributed by atoms with E-state index in [0.29, 0.717) is 17.3 Å². The fraction of sp³-hybridized carbons (Fsp3) is 0.583. The summed E-state index contributed by atoms with van der Waals surface area (Å²) >= 11 is 1.38. The zero-order valence-corrected chi connectivity index (χ0v) is 13.9. The summed E-state index contributed by atoms with van der Waals surface area (Å²) in [5.41, 5.74) is 0. The predicted molar refractivity (Wildman–Crippen MR) is 83.3 cm³/mol. The number of hydrogen-bond acceptors (Lipinski definition) is 6. The van der Waals surface area contributed by atoms with Crippen LogP contribution in [0.25, 0.3) is 4.96 Å². The van der Waals surface area contributed by atoms with Crippen molar-refractivity contribution in [3.8, 4) is 0 Å². The largest absolute Gasteiger partial charge is 0.395 e. The Kier molecular flexibility index (Phi) is 4.87. The zero-order valence-electron chi connectivity index (χ0n) is 12.3. The third kappa shape index (κ3) is 2.91. The summed E-state index contributed by atoms with van der Waals surface area (Å²) in [5.74, 6) is 0.362. The lowest BCUT2D eigenvalue weighted by molar-refractivity contribution is 0.213. The molecule has 0 saturated heterocycles. The molecule has 0 bridgehead atoms. The second kappa shape index (κ2) is 6.30. The van der Waals surface area contributed by atoms with Gasteiger partial charge < -0.3 is 10.4 Å². The van der Waals surface area contributed by atoms with Crippen molar-refractivity contribution < 1.29 is 13.5 Å². The number of aliphatic hydroxyl groups excluding tert-OH is 1. The lowest BCUT2D eigenvalue weighted by Gasteiger charge is -2.22. The maximum absolute atomic E-state index is 12.8. The maximum atomic E-state index is 12.8. The Morgan fingerprint density at radius 1 is 1.57 bits per heavy atom. The summed E-state index contributed by atoms with van der Waals surface area (Å²) in [6.45, 7) is 4.06. The van der Waals surface area contributed by atoms with Crippen molar-refractivity contribution in [2.75, 3.05) is 25.5 Å². The molecule has 1 unspecified atom stereocenters. The topological polar surface area (TPSA) is 86.9 Å². The second-order valence-corrected chi connectivity index (χ2v) is 7.59. The highest BCUT2D eigenvalue weighted by atomic mass is 32.2. The molecule has 0 aliphatic carbocycles. The SMILES string of the molecule is CCCNc1nc2sccn2c1S(=O)(=O)N(C)C(C)CO. The maximum Gasteiger partial charge on any atom is 0.262 e. The molecule has 2 aromatic heterocycles. The minimum atomic E-state index is -3.75. The van der Waals surface area contributed by atoms with Crippen LogP contribution in [0.1, 0.15) is 20.3 Å². The molecule has 0 spiro atoms. The Balaban J connectivity index is 2.54. The Labute approximate surface area is 128 Å². The summed E-state index contributed by atoms with van der Waals surface area (Å²) < 4.78 is 28.4. The molecule has 2 heterocycles. The van der Waals surface area contributed by atoms with Crippen LogP contribution in [0, 0.1) is 0 Å². The molecule has 2 N–H and O–H groups in total. The minimum absolute atomic E-state index is 0.120. The molecule has 21 heavy (non-hydrogen) atoms. The van der Waals surface area contributed by atoms with E-state index in [0.717, 1.165) is 6.42 Å². The van der Waals surface area contributed by atoms with Gasteiger partial charge in [0, 0.05) is 31.2 Å². The molecule has 0 aliphatic rings. The first-order valence-electron chi connectivity index (χ1n) is 6.71. The summed E-state index contributed by atoms with van der Waals surface area (Å²) in [6.07, 6.45) is 2.56. The third-order valence-corrected chi connectivity index (χ3v) is 6.02. The second-order valence-electron chi connectivity index (χ2n) is 4.80. The van der Waals surface area contributed by atoms with Crippen LogP contribution in [-0.4, -0.2) is 53.5 Å². The van der Waals surface area contributed by atoms with E-state index in [-0.39, 0.29) is 11.6 Å². The third-order valence-electron chi connectivity index (χ3n) is 3.27. The quantitative estimate of drug-likeness (QED) is 0.796. The van der Waals surface area contributed by atoms with Gasteiger partial charge in [-0.05, 0) is 13.3 Å². The molecule has 0 radical (unpaired) electrons. The van der Waals surface area contributed by atoms with E-state index in [4.69, 9.17) is 0 Å².